The molecule has 2 atom stereocenters. The molecular weight excluding hydrogens is 270 g/mol. The maximum atomic E-state index is 11.8. The molecule has 0 radical (unpaired) electrons. The van der Waals surface area contributed by atoms with Crippen LogP contribution in [-0.4, -0.2) is 48.8 Å². The van der Waals surface area contributed by atoms with E-state index in [0.717, 1.165) is 5.56 Å². The molecule has 1 fully saturated rings. The number of carboxylic acid groups (broad SMARTS) is 1. The zero-order chi connectivity index (χ0) is 13.7. The molecule has 0 aliphatic carbocycles. The second kappa shape index (κ2) is 4.10. The van der Waals surface area contributed by atoms with E-state index < -0.39 is 11.9 Å². The number of carbonyl (C=O) groups excluding carboxylic acids is 1. The van der Waals surface area contributed by atoms with Gasteiger partial charge in [0.2, 0.25) is 5.91 Å². The first-order chi connectivity index (χ1) is 9.04. The Hall–Kier alpha value is -1.80. The van der Waals surface area contributed by atoms with Crippen LogP contribution in [0.1, 0.15) is 5.56 Å². The summed E-state index contributed by atoms with van der Waals surface area (Å²) in [5, 5.41) is 22.6. The molecule has 0 unspecified atom stereocenters. The number of aliphatic carboxylic acids is 1. The minimum absolute atomic E-state index is 0.0622. The van der Waals surface area contributed by atoms with Crippen LogP contribution in [0.2, 0.25) is 0 Å². The first-order valence-corrected chi connectivity index (χ1v) is 6.52. The minimum Gasteiger partial charge on any atom is -0.476 e. The van der Waals surface area contributed by atoms with Crippen LogP contribution in [-0.2, 0) is 9.59 Å². The van der Waals surface area contributed by atoms with Crippen LogP contribution in [0.5, 0.6) is 0 Å². The number of aliphatic hydroxyl groups excluding tert-OH is 1. The summed E-state index contributed by atoms with van der Waals surface area (Å²) in [7, 11) is 0. The Morgan fingerprint density at radius 2 is 2.32 bits per heavy atom. The van der Waals surface area contributed by atoms with Crippen LogP contribution in [0.4, 0.5) is 0 Å². The highest BCUT2D eigenvalue weighted by Crippen LogP contribution is 2.50. The molecule has 0 spiro atoms. The van der Waals surface area contributed by atoms with Crippen LogP contribution in [0, 0.1) is 12.8 Å². The average Bonchev–Trinajstić information content (AvgIpc) is 2.91. The molecule has 2 aliphatic heterocycles. The highest BCUT2D eigenvalue weighted by Gasteiger charge is 2.56. The van der Waals surface area contributed by atoms with Crippen LogP contribution in [0.25, 0.3) is 5.03 Å². The molecule has 7 nitrogen and oxygen atoms in total. The molecular formula is C11H11N3O4S. The zero-order valence-corrected chi connectivity index (χ0v) is 10.8. The number of aryl methyl sites for hydroxylation is 1. The third kappa shape index (κ3) is 1.60. The number of thioether (sulfide) groups is 1. The number of aromatic nitrogens is 2. The maximum absolute atomic E-state index is 11.8. The van der Waals surface area contributed by atoms with Gasteiger partial charge in [-0.3, -0.25) is 9.69 Å². The van der Waals surface area contributed by atoms with Crippen LogP contribution < -0.4 is 0 Å². The van der Waals surface area contributed by atoms with Gasteiger partial charge >= 0.3 is 5.97 Å². The van der Waals surface area contributed by atoms with Crippen molar-refractivity contribution in [2.75, 3.05) is 6.61 Å². The highest BCUT2D eigenvalue weighted by atomic mass is 32.2. The van der Waals surface area contributed by atoms with Gasteiger partial charge in [0.1, 0.15) is 10.4 Å². The molecule has 2 N–H and O–H groups in total. The van der Waals surface area contributed by atoms with Gasteiger partial charge in [0.05, 0.1) is 18.7 Å². The Bertz CT molecular complexity index is 609. The van der Waals surface area contributed by atoms with E-state index in [4.69, 9.17) is 5.11 Å². The van der Waals surface area contributed by atoms with Gasteiger partial charge in [-0.05, 0) is 12.5 Å². The van der Waals surface area contributed by atoms with Crippen molar-refractivity contribution in [1.82, 2.24) is 14.7 Å². The van der Waals surface area contributed by atoms with Crippen LogP contribution in [0.3, 0.4) is 0 Å². The lowest BCUT2D eigenvalue weighted by Gasteiger charge is -2.40. The lowest BCUT2D eigenvalue weighted by molar-refractivity contribution is -0.153. The Morgan fingerprint density at radius 3 is 2.84 bits per heavy atom. The van der Waals surface area contributed by atoms with E-state index in [1.165, 1.54) is 21.3 Å². The van der Waals surface area contributed by atoms with E-state index in [1.807, 2.05) is 6.92 Å². The number of carboxylic acids is 1. The van der Waals surface area contributed by atoms with Crippen LogP contribution >= 0.6 is 11.8 Å². The van der Waals surface area contributed by atoms with E-state index in [9.17, 15) is 14.7 Å². The van der Waals surface area contributed by atoms with Crippen molar-refractivity contribution in [3.63, 3.8) is 0 Å². The molecule has 100 valence electrons. The van der Waals surface area contributed by atoms with Gasteiger partial charge in [0.15, 0.2) is 5.70 Å². The smallest absolute Gasteiger partial charge is 0.355 e. The number of rotatable bonds is 3. The van der Waals surface area contributed by atoms with Gasteiger partial charge in [0, 0.05) is 6.20 Å². The quantitative estimate of drug-likeness (QED) is 0.753. The number of aliphatic hydroxyl groups is 1. The molecule has 2 aliphatic rings. The predicted molar refractivity (Wildman–Crippen MR) is 66.6 cm³/mol. The number of β-lactam (4-membered cyclic amide) rings is 1. The molecule has 1 aromatic rings. The van der Waals surface area contributed by atoms with Crippen molar-refractivity contribution in [2.24, 2.45) is 5.92 Å². The van der Waals surface area contributed by atoms with Gasteiger partial charge in [-0.1, -0.05) is 11.8 Å². The third-order valence-electron chi connectivity index (χ3n) is 3.15. The first kappa shape index (κ1) is 12.2. The fourth-order valence-electron chi connectivity index (χ4n) is 2.22. The summed E-state index contributed by atoms with van der Waals surface area (Å²) in [5.41, 5.74) is 0.838. The fraction of sp³-hybridized carbons (Fsp3) is 0.364. The van der Waals surface area contributed by atoms with Gasteiger partial charge in [-0.25, -0.2) is 9.48 Å². The monoisotopic (exact) mass is 281 g/mol. The largest absolute Gasteiger partial charge is 0.476 e. The van der Waals surface area contributed by atoms with Crippen molar-refractivity contribution in [2.45, 2.75) is 12.3 Å². The Morgan fingerprint density at radius 1 is 1.58 bits per heavy atom. The lowest BCUT2D eigenvalue weighted by Crippen LogP contribution is -2.58. The second-order valence-corrected chi connectivity index (χ2v) is 5.53. The Kier molecular flexibility index (Phi) is 2.64. The lowest BCUT2D eigenvalue weighted by atomic mass is 9.98. The van der Waals surface area contributed by atoms with Crippen molar-refractivity contribution in [3.05, 3.63) is 23.7 Å². The first-order valence-electron chi connectivity index (χ1n) is 5.64. The molecule has 1 amide bonds. The zero-order valence-electron chi connectivity index (χ0n) is 9.98. The minimum atomic E-state index is -1.16. The van der Waals surface area contributed by atoms with E-state index >= 15 is 0 Å². The molecule has 0 aromatic carbocycles. The number of hydrogen-bond donors (Lipinski definition) is 2. The molecule has 0 bridgehead atoms. The van der Waals surface area contributed by atoms with Gasteiger partial charge in [-0.2, -0.15) is 5.10 Å². The summed E-state index contributed by atoms with van der Waals surface area (Å²) in [6.45, 7) is 1.58. The topological polar surface area (TPSA) is 95.7 Å². The molecule has 1 aromatic heterocycles. The predicted octanol–water partition coefficient (Wildman–Crippen LogP) is -0.0742. The number of amides is 1. The second-order valence-electron chi connectivity index (χ2n) is 4.43. The summed E-state index contributed by atoms with van der Waals surface area (Å²) < 4.78 is 1.46. The highest BCUT2D eigenvalue weighted by molar-refractivity contribution is 8.08. The maximum Gasteiger partial charge on any atom is 0.355 e. The summed E-state index contributed by atoms with van der Waals surface area (Å²) in [6, 6.07) is 0. The van der Waals surface area contributed by atoms with E-state index in [0.29, 0.717) is 5.03 Å². The van der Waals surface area contributed by atoms with E-state index in [-0.39, 0.29) is 23.6 Å². The van der Waals surface area contributed by atoms with Crippen molar-refractivity contribution in [3.8, 4) is 0 Å². The molecule has 3 heterocycles. The number of carbonyl (C=O) groups is 2. The number of fused-ring (bicyclic) bond motifs is 1. The number of hydrogen-bond acceptors (Lipinski definition) is 5. The summed E-state index contributed by atoms with van der Waals surface area (Å²) in [4.78, 5) is 24.4. The van der Waals surface area contributed by atoms with Crippen molar-refractivity contribution in [1.29, 1.82) is 0 Å². The van der Waals surface area contributed by atoms with Crippen molar-refractivity contribution >= 4 is 28.7 Å². The van der Waals surface area contributed by atoms with Crippen molar-refractivity contribution < 1.29 is 19.8 Å². The third-order valence-corrected chi connectivity index (χ3v) is 4.53. The molecule has 19 heavy (non-hydrogen) atoms. The Balaban J connectivity index is 2.04. The SMILES string of the molecule is Cc1cnn(C2=C(C(=O)O)N3C(=O)[C@H](CO)[C@H]3S2)c1. The van der Waals surface area contributed by atoms with Gasteiger partial charge < -0.3 is 10.2 Å². The molecule has 8 heteroatoms. The summed E-state index contributed by atoms with van der Waals surface area (Å²) in [5.74, 6) is -2.05. The standard InChI is InChI=1S/C11H11N3O4S/c1-5-2-12-13(3-5)10-7(11(17)18)14-8(16)6(4-15)9(14)19-10/h2-3,6,9,15H,4H2,1H3,(H,17,18)/t6-,9+/m0/s1. The van der Waals surface area contributed by atoms with E-state index in [2.05, 4.69) is 5.10 Å². The normalized spacial score (nSPS) is 25.6. The van der Waals surface area contributed by atoms with E-state index in [1.54, 1.807) is 12.4 Å². The van der Waals surface area contributed by atoms with Crippen LogP contribution in [0.15, 0.2) is 18.1 Å². The van der Waals surface area contributed by atoms with Gasteiger partial charge in [0.25, 0.3) is 0 Å². The molecule has 3 rings (SSSR count). The summed E-state index contributed by atoms with van der Waals surface area (Å²) in [6.07, 6.45) is 3.32. The van der Waals surface area contributed by atoms with Gasteiger partial charge in [-0.15, -0.1) is 0 Å². The summed E-state index contributed by atoms with van der Waals surface area (Å²) >= 11 is 1.24. The average molecular weight is 281 g/mol. The molecule has 0 saturated carbocycles. The Labute approximate surface area is 112 Å². The fourth-order valence-corrected chi connectivity index (χ4v) is 3.63. The number of nitrogens with zero attached hydrogens (tertiary/aromatic N) is 3. The molecule has 1 saturated heterocycles.